The van der Waals surface area contributed by atoms with E-state index in [9.17, 15) is 13.2 Å². The van der Waals surface area contributed by atoms with Gasteiger partial charge in [-0.3, -0.25) is 4.79 Å². The van der Waals surface area contributed by atoms with Crippen LogP contribution in [0.5, 0.6) is 0 Å². The predicted octanol–water partition coefficient (Wildman–Crippen LogP) is 3.59. The summed E-state index contributed by atoms with van der Waals surface area (Å²) in [6, 6.07) is 11.0. The molecule has 1 aromatic carbocycles. The van der Waals surface area contributed by atoms with Gasteiger partial charge in [-0.05, 0) is 40.6 Å². The van der Waals surface area contributed by atoms with Gasteiger partial charge in [-0.25, -0.2) is 8.42 Å². The molecule has 0 N–H and O–H groups in total. The summed E-state index contributed by atoms with van der Waals surface area (Å²) in [5.74, 6) is -0.0834. The summed E-state index contributed by atoms with van der Waals surface area (Å²) in [4.78, 5) is 15.3. The molecule has 0 atom stereocenters. The zero-order chi connectivity index (χ0) is 20.4. The Bertz CT molecular complexity index is 933. The maximum atomic E-state index is 12.9. The number of nitrogens with zero attached hydrogens (tertiary/aromatic N) is 2. The van der Waals surface area contributed by atoms with Crippen molar-refractivity contribution in [3.8, 4) is 0 Å². The maximum Gasteiger partial charge on any atom is 0.246 e. The molecule has 7 heteroatoms. The number of carbonyl (C=O) groups is 1. The first-order chi connectivity index (χ1) is 13.2. The van der Waals surface area contributed by atoms with E-state index in [2.05, 4.69) is 20.8 Å². The molecule has 0 bridgehead atoms. The van der Waals surface area contributed by atoms with E-state index in [-0.39, 0.29) is 11.3 Å². The Morgan fingerprint density at radius 3 is 2.21 bits per heavy atom. The number of rotatable bonds is 4. The van der Waals surface area contributed by atoms with Crippen molar-refractivity contribution in [1.29, 1.82) is 0 Å². The molecule has 1 aliphatic rings. The zero-order valence-electron chi connectivity index (χ0n) is 16.5. The lowest BCUT2D eigenvalue weighted by Gasteiger charge is -2.33. The summed E-state index contributed by atoms with van der Waals surface area (Å²) in [7, 11) is -3.54. The number of amides is 1. The molecule has 0 radical (unpaired) electrons. The van der Waals surface area contributed by atoms with Crippen LogP contribution < -0.4 is 0 Å². The monoisotopic (exact) mass is 418 g/mol. The fourth-order valence-corrected chi connectivity index (χ4v) is 5.11. The topological polar surface area (TPSA) is 57.7 Å². The molecule has 1 aliphatic heterocycles. The van der Waals surface area contributed by atoms with Crippen LogP contribution in [0.4, 0.5) is 0 Å². The standard InChI is InChI=1S/C21H26N2O3S2/c1-21(2,3)17-6-9-19(10-7-17)28(25,26)23-14-12-22(13-15-23)20(24)11-8-18-5-4-16-27-18/h4-11,16H,12-15H2,1-3H3/b11-8+. The van der Waals surface area contributed by atoms with Gasteiger partial charge in [-0.2, -0.15) is 4.31 Å². The molecule has 0 unspecified atom stereocenters. The van der Waals surface area contributed by atoms with Gasteiger partial charge in [0.1, 0.15) is 0 Å². The summed E-state index contributed by atoms with van der Waals surface area (Å²) in [5.41, 5.74) is 1.07. The molecule has 2 aromatic rings. The van der Waals surface area contributed by atoms with Crippen LogP contribution in [0, 0.1) is 0 Å². The normalized spacial score (nSPS) is 16.6. The number of carbonyl (C=O) groups excluding carboxylic acids is 1. The summed E-state index contributed by atoms with van der Waals surface area (Å²) >= 11 is 1.57. The first-order valence-corrected chi connectivity index (χ1v) is 11.6. The van der Waals surface area contributed by atoms with E-state index in [1.165, 1.54) is 4.31 Å². The largest absolute Gasteiger partial charge is 0.337 e. The molecule has 5 nitrogen and oxygen atoms in total. The van der Waals surface area contributed by atoms with Gasteiger partial charge < -0.3 is 4.90 Å². The van der Waals surface area contributed by atoms with Crippen molar-refractivity contribution < 1.29 is 13.2 Å². The molecule has 1 aromatic heterocycles. The average Bonchev–Trinajstić information content (AvgIpc) is 3.19. The molecule has 1 saturated heterocycles. The van der Waals surface area contributed by atoms with Crippen LogP contribution in [-0.2, 0) is 20.2 Å². The molecule has 1 fully saturated rings. The van der Waals surface area contributed by atoms with Gasteiger partial charge in [-0.1, -0.05) is 39.0 Å². The zero-order valence-corrected chi connectivity index (χ0v) is 18.1. The van der Waals surface area contributed by atoms with Gasteiger partial charge in [0.25, 0.3) is 0 Å². The Morgan fingerprint density at radius 2 is 1.68 bits per heavy atom. The lowest BCUT2D eigenvalue weighted by atomic mass is 9.87. The second-order valence-electron chi connectivity index (χ2n) is 7.85. The number of benzene rings is 1. The fourth-order valence-electron chi connectivity index (χ4n) is 3.07. The van der Waals surface area contributed by atoms with Gasteiger partial charge in [0.05, 0.1) is 4.90 Å². The quantitative estimate of drug-likeness (QED) is 0.713. The second kappa shape index (κ2) is 8.19. The number of thiophene rings is 1. The van der Waals surface area contributed by atoms with Crippen molar-refractivity contribution in [1.82, 2.24) is 9.21 Å². The van der Waals surface area contributed by atoms with E-state index >= 15 is 0 Å². The Kier molecular flexibility index (Phi) is 6.07. The highest BCUT2D eigenvalue weighted by atomic mass is 32.2. The first-order valence-electron chi connectivity index (χ1n) is 9.29. The van der Waals surface area contributed by atoms with Crippen molar-refractivity contribution in [2.45, 2.75) is 31.1 Å². The van der Waals surface area contributed by atoms with E-state index < -0.39 is 10.0 Å². The lowest BCUT2D eigenvalue weighted by molar-refractivity contribution is -0.127. The molecular weight excluding hydrogens is 392 g/mol. The van der Waals surface area contributed by atoms with Crippen molar-refractivity contribution >= 4 is 33.3 Å². The van der Waals surface area contributed by atoms with Gasteiger partial charge in [0.2, 0.25) is 15.9 Å². The molecule has 150 valence electrons. The molecule has 1 amide bonds. The molecular formula is C21H26N2O3S2. The van der Waals surface area contributed by atoms with Crippen molar-refractivity contribution in [3.05, 3.63) is 58.3 Å². The molecule has 28 heavy (non-hydrogen) atoms. The highest BCUT2D eigenvalue weighted by Gasteiger charge is 2.29. The van der Waals surface area contributed by atoms with Crippen LogP contribution in [0.1, 0.15) is 31.2 Å². The molecule has 2 heterocycles. The van der Waals surface area contributed by atoms with E-state index in [0.717, 1.165) is 10.4 Å². The number of sulfonamides is 1. The average molecular weight is 419 g/mol. The van der Waals surface area contributed by atoms with E-state index in [1.54, 1.807) is 40.5 Å². The van der Waals surface area contributed by atoms with Crippen LogP contribution in [-0.4, -0.2) is 49.7 Å². The molecule has 0 aliphatic carbocycles. The Hall–Kier alpha value is -1.96. The fraction of sp³-hybridized carbons (Fsp3) is 0.381. The minimum Gasteiger partial charge on any atom is -0.337 e. The summed E-state index contributed by atoms with van der Waals surface area (Å²) in [6.07, 6.45) is 3.36. The van der Waals surface area contributed by atoms with E-state index in [0.29, 0.717) is 31.1 Å². The minimum atomic E-state index is -3.54. The van der Waals surface area contributed by atoms with E-state index in [1.807, 2.05) is 29.6 Å². The first kappa shape index (κ1) is 20.8. The number of hydrogen-bond acceptors (Lipinski definition) is 4. The number of hydrogen-bond donors (Lipinski definition) is 0. The van der Waals surface area contributed by atoms with Crippen LogP contribution in [0.25, 0.3) is 6.08 Å². The third-order valence-corrected chi connectivity index (χ3v) is 7.59. The summed E-state index contributed by atoms with van der Waals surface area (Å²) in [5, 5.41) is 1.96. The Labute approximate surface area is 171 Å². The van der Waals surface area contributed by atoms with Crippen LogP contribution in [0.15, 0.2) is 52.7 Å². The predicted molar refractivity (Wildman–Crippen MR) is 114 cm³/mol. The molecule has 3 rings (SSSR count). The maximum absolute atomic E-state index is 12.9. The molecule has 0 spiro atoms. The highest BCUT2D eigenvalue weighted by Crippen LogP contribution is 2.25. The van der Waals surface area contributed by atoms with E-state index in [4.69, 9.17) is 0 Å². The third kappa shape index (κ3) is 4.71. The van der Waals surface area contributed by atoms with Crippen LogP contribution in [0.2, 0.25) is 0 Å². The SMILES string of the molecule is CC(C)(C)c1ccc(S(=O)(=O)N2CCN(C(=O)/C=C/c3cccs3)CC2)cc1. The molecule has 0 saturated carbocycles. The Balaban J connectivity index is 1.62. The van der Waals surface area contributed by atoms with Crippen molar-refractivity contribution in [2.24, 2.45) is 0 Å². The summed E-state index contributed by atoms with van der Waals surface area (Å²) < 4.78 is 27.3. The smallest absolute Gasteiger partial charge is 0.246 e. The Morgan fingerprint density at radius 1 is 1.04 bits per heavy atom. The van der Waals surface area contributed by atoms with Crippen molar-refractivity contribution in [3.63, 3.8) is 0 Å². The van der Waals surface area contributed by atoms with Crippen LogP contribution in [0.3, 0.4) is 0 Å². The van der Waals surface area contributed by atoms with Gasteiger partial charge >= 0.3 is 0 Å². The van der Waals surface area contributed by atoms with Crippen molar-refractivity contribution in [2.75, 3.05) is 26.2 Å². The van der Waals surface area contributed by atoms with Crippen LogP contribution >= 0.6 is 11.3 Å². The number of piperazine rings is 1. The van der Waals surface area contributed by atoms with Gasteiger partial charge in [-0.15, -0.1) is 11.3 Å². The van der Waals surface area contributed by atoms with Gasteiger partial charge in [0.15, 0.2) is 0 Å². The lowest BCUT2D eigenvalue weighted by Crippen LogP contribution is -2.50. The third-order valence-electron chi connectivity index (χ3n) is 4.84. The minimum absolute atomic E-state index is 0.0229. The van der Waals surface area contributed by atoms with Gasteiger partial charge in [0, 0.05) is 37.1 Å². The highest BCUT2D eigenvalue weighted by molar-refractivity contribution is 7.89. The summed E-state index contributed by atoms with van der Waals surface area (Å²) in [6.45, 7) is 7.70. The second-order valence-corrected chi connectivity index (χ2v) is 10.8.